The molecule has 0 aliphatic heterocycles. The third kappa shape index (κ3) is 4.16. The van der Waals surface area contributed by atoms with Crippen LogP contribution in [0.25, 0.3) is 15.9 Å². The molecular weight excluding hydrogens is 426 g/mol. The Labute approximate surface area is 189 Å². The highest BCUT2D eigenvalue weighted by Gasteiger charge is 2.19. The lowest BCUT2D eigenvalue weighted by atomic mass is 10.1. The molecule has 0 N–H and O–H groups in total. The monoisotopic (exact) mass is 449 g/mol. The first-order valence-corrected chi connectivity index (χ1v) is 11.9. The first kappa shape index (κ1) is 21.3. The van der Waals surface area contributed by atoms with Crippen molar-refractivity contribution in [2.24, 2.45) is 0 Å². The lowest BCUT2D eigenvalue weighted by Gasteiger charge is -2.21. The quantitative estimate of drug-likeness (QED) is 0.300. The van der Waals surface area contributed by atoms with Crippen LogP contribution in [0.4, 0.5) is 5.69 Å². The topological polar surface area (TPSA) is 55.2 Å². The zero-order chi connectivity index (χ0) is 22.0. The van der Waals surface area contributed by atoms with E-state index < -0.39 is 0 Å². The van der Waals surface area contributed by atoms with Gasteiger partial charge in [-0.25, -0.2) is 4.98 Å². The van der Waals surface area contributed by atoms with Gasteiger partial charge in [-0.3, -0.25) is 14.2 Å². The molecule has 4 rings (SSSR count). The summed E-state index contributed by atoms with van der Waals surface area (Å²) < 4.78 is 2.27. The van der Waals surface area contributed by atoms with Crippen LogP contribution in [0.2, 0.25) is 0 Å². The molecule has 0 atom stereocenters. The Balaban J connectivity index is 1.73. The number of aryl methyl sites for hydroxylation is 1. The molecule has 0 unspecified atom stereocenters. The van der Waals surface area contributed by atoms with Gasteiger partial charge in [0.2, 0.25) is 5.91 Å². The summed E-state index contributed by atoms with van der Waals surface area (Å²) in [5.41, 5.74) is 4.36. The van der Waals surface area contributed by atoms with Crippen LogP contribution in [-0.4, -0.2) is 27.8 Å². The molecule has 0 saturated carbocycles. The van der Waals surface area contributed by atoms with E-state index in [1.165, 1.54) is 23.1 Å². The number of hydrogen-bond acceptors (Lipinski definition) is 5. The molecule has 0 aliphatic carbocycles. The molecule has 4 aromatic rings. The van der Waals surface area contributed by atoms with Crippen molar-refractivity contribution in [1.29, 1.82) is 0 Å². The molecule has 0 saturated heterocycles. The van der Waals surface area contributed by atoms with E-state index >= 15 is 0 Å². The number of nitrogens with zero attached hydrogens (tertiary/aromatic N) is 3. The second-order valence-electron chi connectivity index (χ2n) is 7.15. The van der Waals surface area contributed by atoms with Crippen LogP contribution >= 0.6 is 23.1 Å². The van der Waals surface area contributed by atoms with Crippen molar-refractivity contribution in [3.8, 4) is 5.69 Å². The molecule has 0 radical (unpaired) electrons. The fraction of sp³-hybridized carbons (Fsp3) is 0.208. The predicted octanol–water partition coefficient (Wildman–Crippen LogP) is 5.21. The number of fused-ring (bicyclic) bond motifs is 1. The first-order valence-electron chi connectivity index (χ1n) is 10.1. The van der Waals surface area contributed by atoms with E-state index in [0.29, 0.717) is 21.9 Å². The number of rotatable bonds is 6. The van der Waals surface area contributed by atoms with Crippen LogP contribution in [0.5, 0.6) is 0 Å². The third-order valence-corrected chi connectivity index (χ3v) is 7.09. The molecule has 158 valence electrons. The molecule has 0 aliphatic rings. The second-order valence-corrected chi connectivity index (χ2v) is 9.01. The van der Waals surface area contributed by atoms with Crippen molar-refractivity contribution in [2.75, 3.05) is 17.2 Å². The summed E-state index contributed by atoms with van der Waals surface area (Å²) >= 11 is 2.69. The Hall–Kier alpha value is -2.90. The summed E-state index contributed by atoms with van der Waals surface area (Å²) in [5.74, 6) is 0.168. The number of aromatic nitrogens is 2. The minimum Gasteiger partial charge on any atom is -0.312 e. The SMILES string of the molecule is CCN(C(=O)CSc1nc2ccsc2c(=O)n1-c1cccc(C)c1C)c1ccccc1. The number of para-hydroxylation sites is 1. The van der Waals surface area contributed by atoms with Gasteiger partial charge in [-0.1, -0.05) is 42.1 Å². The van der Waals surface area contributed by atoms with Crippen LogP contribution in [0, 0.1) is 13.8 Å². The normalized spacial score (nSPS) is 11.1. The van der Waals surface area contributed by atoms with Gasteiger partial charge < -0.3 is 4.90 Å². The summed E-state index contributed by atoms with van der Waals surface area (Å²) in [6.07, 6.45) is 0. The van der Waals surface area contributed by atoms with Crippen molar-refractivity contribution in [1.82, 2.24) is 9.55 Å². The Morgan fingerprint density at radius 2 is 1.87 bits per heavy atom. The first-order chi connectivity index (χ1) is 15.0. The maximum absolute atomic E-state index is 13.4. The number of anilines is 1. The molecule has 2 aromatic heterocycles. The van der Waals surface area contributed by atoms with Gasteiger partial charge in [-0.15, -0.1) is 11.3 Å². The zero-order valence-electron chi connectivity index (χ0n) is 17.7. The van der Waals surface area contributed by atoms with Gasteiger partial charge in [0, 0.05) is 12.2 Å². The summed E-state index contributed by atoms with van der Waals surface area (Å²) in [5, 5.41) is 2.41. The van der Waals surface area contributed by atoms with E-state index in [9.17, 15) is 9.59 Å². The minimum atomic E-state index is -0.0981. The maximum atomic E-state index is 13.4. The van der Waals surface area contributed by atoms with Gasteiger partial charge in [-0.2, -0.15) is 0 Å². The van der Waals surface area contributed by atoms with Crippen molar-refractivity contribution in [2.45, 2.75) is 25.9 Å². The Morgan fingerprint density at radius 1 is 1.10 bits per heavy atom. The van der Waals surface area contributed by atoms with Gasteiger partial charge in [0.15, 0.2) is 5.16 Å². The van der Waals surface area contributed by atoms with Crippen molar-refractivity contribution < 1.29 is 4.79 Å². The summed E-state index contributed by atoms with van der Waals surface area (Å²) in [6, 6.07) is 17.4. The molecule has 2 aromatic carbocycles. The summed E-state index contributed by atoms with van der Waals surface area (Å²) in [6.45, 7) is 6.56. The Bertz CT molecular complexity index is 1300. The summed E-state index contributed by atoms with van der Waals surface area (Å²) in [7, 11) is 0. The van der Waals surface area contributed by atoms with Crippen LogP contribution in [0.3, 0.4) is 0 Å². The second kappa shape index (κ2) is 9.08. The number of carbonyl (C=O) groups excluding carboxylic acids is 1. The molecule has 1 amide bonds. The molecule has 5 nitrogen and oxygen atoms in total. The zero-order valence-corrected chi connectivity index (χ0v) is 19.3. The molecule has 31 heavy (non-hydrogen) atoms. The average Bonchev–Trinajstić information content (AvgIpc) is 3.25. The number of carbonyl (C=O) groups is 1. The number of thiophene rings is 1. The van der Waals surface area contributed by atoms with Crippen LogP contribution in [-0.2, 0) is 4.79 Å². The largest absolute Gasteiger partial charge is 0.312 e. The molecule has 0 bridgehead atoms. The van der Waals surface area contributed by atoms with Crippen molar-refractivity contribution in [3.05, 3.63) is 81.5 Å². The van der Waals surface area contributed by atoms with Gasteiger partial charge in [0.25, 0.3) is 5.56 Å². The van der Waals surface area contributed by atoms with Gasteiger partial charge in [-0.05, 0) is 61.5 Å². The smallest absolute Gasteiger partial charge is 0.276 e. The Kier molecular flexibility index (Phi) is 6.25. The highest BCUT2D eigenvalue weighted by atomic mass is 32.2. The van der Waals surface area contributed by atoms with E-state index in [0.717, 1.165) is 22.5 Å². The molecule has 7 heteroatoms. The molecular formula is C24H23N3O2S2. The maximum Gasteiger partial charge on any atom is 0.276 e. The number of thioether (sulfide) groups is 1. The van der Waals surface area contributed by atoms with Crippen molar-refractivity contribution >= 4 is 44.9 Å². The van der Waals surface area contributed by atoms with E-state index in [-0.39, 0.29) is 17.2 Å². The van der Waals surface area contributed by atoms with Crippen LogP contribution < -0.4 is 10.5 Å². The highest BCUT2D eigenvalue weighted by molar-refractivity contribution is 7.99. The minimum absolute atomic E-state index is 0.0223. The Morgan fingerprint density at radius 3 is 2.61 bits per heavy atom. The predicted molar refractivity (Wildman–Crippen MR) is 130 cm³/mol. The lowest BCUT2D eigenvalue weighted by molar-refractivity contribution is -0.116. The highest BCUT2D eigenvalue weighted by Crippen LogP contribution is 2.26. The lowest BCUT2D eigenvalue weighted by Crippen LogP contribution is -2.32. The molecule has 0 fully saturated rings. The number of amides is 1. The van der Waals surface area contributed by atoms with E-state index in [4.69, 9.17) is 4.98 Å². The third-order valence-electron chi connectivity index (χ3n) is 5.28. The van der Waals surface area contributed by atoms with E-state index in [1.54, 1.807) is 9.47 Å². The van der Waals surface area contributed by atoms with Crippen LogP contribution in [0.1, 0.15) is 18.1 Å². The number of benzene rings is 2. The average molecular weight is 450 g/mol. The van der Waals surface area contributed by atoms with Gasteiger partial charge in [0.05, 0.1) is 17.0 Å². The van der Waals surface area contributed by atoms with Crippen LogP contribution in [0.15, 0.2) is 69.9 Å². The van der Waals surface area contributed by atoms with Gasteiger partial charge in [0.1, 0.15) is 4.70 Å². The number of hydrogen-bond donors (Lipinski definition) is 0. The van der Waals surface area contributed by atoms with E-state index in [2.05, 4.69) is 0 Å². The van der Waals surface area contributed by atoms with Gasteiger partial charge >= 0.3 is 0 Å². The summed E-state index contributed by atoms with van der Waals surface area (Å²) in [4.78, 5) is 32.8. The fourth-order valence-electron chi connectivity index (χ4n) is 3.49. The van der Waals surface area contributed by atoms with Crippen molar-refractivity contribution in [3.63, 3.8) is 0 Å². The van der Waals surface area contributed by atoms with E-state index in [1.807, 2.05) is 80.7 Å². The standard InChI is InChI=1S/C24H23N3O2S2/c1-4-26(18-10-6-5-7-11-18)21(28)15-31-24-25-19-13-14-30-22(19)23(29)27(24)20-12-8-9-16(2)17(20)3/h5-14H,4,15H2,1-3H3. The molecule has 2 heterocycles. The fourth-order valence-corrected chi connectivity index (χ4v) is 5.14. The molecule has 0 spiro atoms.